The predicted octanol–water partition coefficient (Wildman–Crippen LogP) is 27.4. The Morgan fingerprint density at radius 3 is 0.898 bits per heavy atom. The first kappa shape index (κ1) is 91.6. The Balaban J connectivity index is 0.000000180. The van der Waals surface area contributed by atoms with Crippen LogP contribution >= 0.6 is 27.5 Å². The summed E-state index contributed by atoms with van der Waals surface area (Å²) in [7, 11) is 0. The molecule has 0 saturated carbocycles. The van der Waals surface area contributed by atoms with Crippen LogP contribution in [0, 0.1) is 0 Å². The van der Waals surface area contributed by atoms with Crippen LogP contribution in [0.3, 0.4) is 0 Å². The molecule has 1 heterocycles. The van der Waals surface area contributed by atoms with Crippen molar-refractivity contribution in [3.8, 4) is 28.7 Å². The quantitative estimate of drug-likeness (QED) is 0.00913. The zero-order chi connectivity index (χ0) is 85.0. The first-order valence-corrected chi connectivity index (χ1v) is 37.7. The standard InChI is InChI=1S/C21H23F3N2O.C20H16F3NO.C16H15ClF3NO.C13H10F3NO.C13H13NO.C7H4BrF3/c22-21(23,24)17-5-7-18(8-6-17)25-19-9-11-20(12-10-19)27-16-4-15-26-13-2-1-3-14-26;21-20(22,23)16-6-8-17(9-7-16)24-18-10-12-19(13-11-18)25-14-15-4-2-1-3-5-15;17-10-1-11-22-15-8-6-14(7-9-15)21-13-4-2-12(3-5-13)16(18,19)20;14-13(15,16)9-1-3-10(4-2-9)17-11-5-7-12(18)8-6-11;14-12-6-8-13(9-7-12)15-10-11-4-2-1-3-5-11;8-6-3-1-5(2-4-6)7(9,10)11/h1-2,5-12,25H,3-4,13-16H2;1-13,24H,14H2;2-9,21H,1,10-11H2;1-8,17-18H;1-9H,10,14H2;1-4H. The number of ether oxygens (including phenoxy) is 4. The molecule has 0 fully saturated rings. The van der Waals surface area contributed by atoms with E-state index in [1.165, 1.54) is 72.8 Å². The monoisotopic (exact) mass is 1720 g/mol. The van der Waals surface area contributed by atoms with Crippen LogP contribution in [0.4, 0.5) is 117 Å². The Morgan fingerprint density at radius 1 is 0.339 bits per heavy atom. The van der Waals surface area contributed by atoms with Gasteiger partial charge >= 0.3 is 30.9 Å². The van der Waals surface area contributed by atoms with E-state index in [9.17, 15) is 65.9 Å². The SMILES string of the molecule is FC(F)(F)c1ccc(Br)cc1.FC(F)(F)c1ccc(Nc2ccc(OCCCCl)cc2)cc1.FC(F)(F)c1ccc(Nc2ccc(OCCCN3CC=CCC3)cc2)cc1.FC(F)(F)c1ccc(Nc2ccc(OCc3ccccc3)cc2)cc1.Nc1ccc(OCc2ccccc2)cc1.Oc1ccc(Nc2ccc(C(F)(F)F)cc2)cc1. The summed E-state index contributed by atoms with van der Waals surface area (Å²) in [6.45, 7) is 5.43. The summed E-state index contributed by atoms with van der Waals surface area (Å²) in [5.41, 5.74) is 10.6. The first-order chi connectivity index (χ1) is 56.3. The zero-order valence-corrected chi connectivity index (χ0v) is 65.2. The van der Waals surface area contributed by atoms with E-state index in [0.717, 1.165) is 156 Å². The van der Waals surface area contributed by atoms with Crippen molar-refractivity contribution in [2.75, 3.05) is 65.7 Å². The highest BCUT2D eigenvalue weighted by molar-refractivity contribution is 9.10. The molecule has 28 heteroatoms. The van der Waals surface area contributed by atoms with Crippen molar-refractivity contribution in [1.29, 1.82) is 0 Å². The molecule has 1 aliphatic rings. The number of nitrogens with one attached hydrogen (secondary N) is 4. The van der Waals surface area contributed by atoms with Gasteiger partial charge in [-0.25, -0.2) is 0 Å². The number of benzene rings is 12. The maximum atomic E-state index is 12.6. The van der Waals surface area contributed by atoms with Gasteiger partial charge in [0.25, 0.3) is 0 Å². The second-order valence-electron chi connectivity index (χ2n) is 25.7. The van der Waals surface area contributed by atoms with Crippen molar-refractivity contribution in [1.82, 2.24) is 4.90 Å². The lowest BCUT2D eigenvalue weighted by atomic mass is 10.2. The lowest BCUT2D eigenvalue weighted by Crippen LogP contribution is -2.29. The van der Waals surface area contributed by atoms with Crippen LogP contribution in [0.1, 0.15) is 58.2 Å². The van der Waals surface area contributed by atoms with Gasteiger partial charge in [0.05, 0.1) is 41.0 Å². The highest BCUT2D eigenvalue weighted by atomic mass is 79.9. The lowest BCUT2D eigenvalue weighted by Gasteiger charge is -2.22. The predicted molar refractivity (Wildman–Crippen MR) is 439 cm³/mol. The fourth-order valence-corrected chi connectivity index (χ4v) is 10.8. The van der Waals surface area contributed by atoms with Gasteiger partial charge in [-0.15, -0.1) is 11.6 Å². The first-order valence-electron chi connectivity index (χ1n) is 36.4. The molecule has 118 heavy (non-hydrogen) atoms. The minimum atomic E-state index is -4.32. The summed E-state index contributed by atoms with van der Waals surface area (Å²) in [6, 6.07) is 79.8. The third-order valence-electron chi connectivity index (χ3n) is 16.6. The highest BCUT2D eigenvalue weighted by Crippen LogP contribution is 2.36. The molecular weight excluding hydrogens is 1650 g/mol. The summed E-state index contributed by atoms with van der Waals surface area (Å²) in [6.07, 6.45) is -14.2. The lowest BCUT2D eigenvalue weighted by molar-refractivity contribution is -0.138. The van der Waals surface area contributed by atoms with Crippen LogP contribution in [0.2, 0.25) is 0 Å². The number of anilines is 9. The number of nitrogens with two attached hydrogens (primary N) is 1. The summed E-state index contributed by atoms with van der Waals surface area (Å²) < 4.78 is 209. The summed E-state index contributed by atoms with van der Waals surface area (Å²) in [4.78, 5) is 2.40. The molecule has 0 aliphatic carbocycles. The Morgan fingerprint density at radius 2 is 0.610 bits per heavy atom. The Labute approximate surface area is 686 Å². The van der Waals surface area contributed by atoms with Gasteiger partial charge in [-0.2, -0.15) is 65.9 Å². The minimum absolute atomic E-state index is 0.132. The highest BCUT2D eigenvalue weighted by Gasteiger charge is 2.33. The molecule has 7 N–H and O–H groups in total. The number of phenolic OH excluding ortho intramolecular Hbond substituents is 1. The van der Waals surface area contributed by atoms with Crippen molar-refractivity contribution in [3.63, 3.8) is 0 Å². The second-order valence-corrected chi connectivity index (χ2v) is 27.0. The van der Waals surface area contributed by atoms with Gasteiger partial charge in [0, 0.05) is 81.2 Å². The molecule has 12 aromatic carbocycles. The van der Waals surface area contributed by atoms with Crippen LogP contribution in [-0.2, 0) is 44.1 Å². The number of halogens is 17. The molecule has 1 aliphatic heterocycles. The number of hydrogen-bond acceptors (Lipinski definition) is 11. The maximum Gasteiger partial charge on any atom is 0.416 e. The van der Waals surface area contributed by atoms with Gasteiger partial charge in [0.2, 0.25) is 0 Å². The molecule has 0 saturated heterocycles. The molecule has 11 nitrogen and oxygen atoms in total. The maximum absolute atomic E-state index is 12.6. The molecule has 0 unspecified atom stereocenters. The van der Waals surface area contributed by atoms with E-state index in [1.54, 1.807) is 36.4 Å². The normalized spacial score (nSPS) is 11.9. The van der Waals surface area contributed by atoms with E-state index in [2.05, 4.69) is 54.2 Å². The third-order valence-corrected chi connectivity index (χ3v) is 17.4. The third kappa shape index (κ3) is 34.1. The average molecular weight is 1730 g/mol. The second kappa shape index (κ2) is 45.5. The van der Waals surface area contributed by atoms with E-state index in [1.807, 2.05) is 133 Å². The van der Waals surface area contributed by atoms with Crippen LogP contribution in [0.25, 0.3) is 0 Å². The van der Waals surface area contributed by atoms with Crippen molar-refractivity contribution < 1.29 is 89.9 Å². The van der Waals surface area contributed by atoms with Crippen LogP contribution in [0.15, 0.2) is 320 Å². The smallest absolute Gasteiger partial charge is 0.416 e. The van der Waals surface area contributed by atoms with Crippen LogP contribution in [-0.4, -0.2) is 48.7 Å². The van der Waals surface area contributed by atoms with Gasteiger partial charge < -0.3 is 51.1 Å². The van der Waals surface area contributed by atoms with E-state index < -0.39 is 58.7 Å². The molecule has 620 valence electrons. The van der Waals surface area contributed by atoms with Gasteiger partial charge in [0.15, 0.2) is 0 Å². The zero-order valence-electron chi connectivity index (χ0n) is 62.8. The van der Waals surface area contributed by atoms with Crippen LogP contribution in [0.5, 0.6) is 28.7 Å². The number of alkyl halides is 16. The van der Waals surface area contributed by atoms with Crippen molar-refractivity contribution in [3.05, 3.63) is 359 Å². The number of nitrogens with zero attached hydrogens (tertiary/aromatic N) is 1. The number of nitrogen functional groups attached to an aromatic ring is 1. The Hall–Kier alpha value is -11.9. The number of phenols is 1. The molecule has 0 spiro atoms. The molecule has 13 rings (SSSR count). The van der Waals surface area contributed by atoms with E-state index in [4.69, 9.17) is 41.4 Å². The Kier molecular flexibility index (Phi) is 35.3. The molecule has 0 atom stereocenters. The molecule has 12 aromatic rings. The van der Waals surface area contributed by atoms with Gasteiger partial charge in [-0.1, -0.05) is 88.7 Å². The van der Waals surface area contributed by atoms with Gasteiger partial charge in [0.1, 0.15) is 42.0 Å². The molecule has 0 aromatic heterocycles. The number of aromatic hydroxyl groups is 1. The van der Waals surface area contributed by atoms with Gasteiger partial charge in [-0.05, 0) is 273 Å². The average Bonchev–Trinajstić information content (AvgIpc) is 0.858. The summed E-state index contributed by atoms with van der Waals surface area (Å²) in [5, 5.41) is 21.2. The van der Waals surface area contributed by atoms with E-state index in [-0.39, 0.29) is 5.75 Å². The minimum Gasteiger partial charge on any atom is -0.508 e. The number of rotatable bonds is 23. The summed E-state index contributed by atoms with van der Waals surface area (Å²) in [5.74, 6) is 3.76. The summed E-state index contributed by atoms with van der Waals surface area (Å²) >= 11 is 8.61. The topological polar surface area (TPSA) is 135 Å². The fraction of sp³-hybridized carbons (Fsp3) is 0.178. The van der Waals surface area contributed by atoms with Gasteiger partial charge in [-0.3, -0.25) is 4.90 Å². The van der Waals surface area contributed by atoms with Crippen molar-refractivity contribution >= 4 is 78.7 Å². The molecule has 0 radical (unpaired) electrons. The molecule has 0 bridgehead atoms. The van der Waals surface area contributed by atoms with Crippen molar-refractivity contribution in [2.24, 2.45) is 0 Å². The molecule has 0 amide bonds. The van der Waals surface area contributed by atoms with E-state index >= 15 is 0 Å². The fourth-order valence-electron chi connectivity index (χ4n) is 10.4. The number of hydrogen-bond donors (Lipinski definition) is 6. The van der Waals surface area contributed by atoms with E-state index in [0.29, 0.717) is 65.2 Å². The van der Waals surface area contributed by atoms with Crippen molar-refractivity contribution in [2.45, 2.75) is 63.4 Å². The largest absolute Gasteiger partial charge is 0.508 e. The molecular formula is C90H81BrClF15N6O5. The van der Waals surface area contributed by atoms with Crippen LogP contribution < -0.4 is 45.9 Å². The Bertz CT molecular complexity index is 4870.